The summed E-state index contributed by atoms with van der Waals surface area (Å²) in [6.07, 6.45) is 5.25. The Morgan fingerprint density at radius 1 is 1.38 bits per heavy atom. The molecule has 0 saturated heterocycles. The smallest absolute Gasteiger partial charge is 0.243 e. The number of pyridine rings is 1. The van der Waals surface area contributed by atoms with E-state index in [0.717, 1.165) is 5.56 Å². The topological polar surface area (TPSA) is 68.5 Å². The van der Waals surface area contributed by atoms with E-state index in [4.69, 9.17) is 0 Å². The molecule has 82 valence electrons. The van der Waals surface area contributed by atoms with Gasteiger partial charge < -0.3 is 5.32 Å². The first-order valence-electron chi connectivity index (χ1n) is 4.90. The molecule has 2 aromatic rings. The predicted molar refractivity (Wildman–Crippen MR) is 59.6 cm³/mol. The number of tetrazole rings is 1. The molecular weight excluding hydrogens is 204 g/mol. The van der Waals surface area contributed by atoms with Crippen molar-refractivity contribution in [3.63, 3.8) is 0 Å². The molecule has 0 saturated carbocycles. The number of nitrogens with zero attached hydrogens (tertiary/aromatic N) is 5. The minimum atomic E-state index is 0.589. The molecule has 0 bridgehead atoms. The van der Waals surface area contributed by atoms with E-state index >= 15 is 0 Å². The molecule has 1 N–H and O–H groups in total. The molecular formula is C10H12N6. The fourth-order valence-electron chi connectivity index (χ4n) is 1.26. The lowest BCUT2D eigenvalue weighted by atomic mass is 10.3. The average molecular weight is 216 g/mol. The van der Waals surface area contributed by atoms with Crippen molar-refractivity contribution in [1.82, 2.24) is 25.2 Å². The molecule has 0 aliphatic rings. The van der Waals surface area contributed by atoms with Crippen LogP contribution in [0.2, 0.25) is 0 Å². The van der Waals surface area contributed by atoms with E-state index in [1.165, 1.54) is 0 Å². The van der Waals surface area contributed by atoms with Gasteiger partial charge in [0.1, 0.15) is 0 Å². The molecule has 0 amide bonds. The zero-order valence-electron chi connectivity index (χ0n) is 8.74. The molecule has 16 heavy (non-hydrogen) atoms. The highest BCUT2D eigenvalue weighted by Crippen LogP contribution is 2.03. The van der Waals surface area contributed by atoms with E-state index in [2.05, 4.69) is 32.4 Å². The number of anilines is 1. The van der Waals surface area contributed by atoms with E-state index in [-0.39, 0.29) is 0 Å². The maximum atomic E-state index is 3.95. The first-order chi connectivity index (χ1) is 7.90. The molecule has 0 aromatic carbocycles. The van der Waals surface area contributed by atoms with Gasteiger partial charge in [0.25, 0.3) is 0 Å². The number of nitrogens with one attached hydrogen (secondary N) is 1. The fraction of sp³-hybridized carbons (Fsp3) is 0.200. The Balaban J connectivity index is 1.99. The van der Waals surface area contributed by atoms with Gasteiger partial charge in [0.2, 0.25) is 5.95 Å². The van der Waals surface area contributed by atoms with Crippen molar-refractivity contribution >= 4 is 5.95 Å². The summed E-state index contributed by atoms with van der Waals surface area (Å²) in [4.78, 5) is 3.95. The first kappa shape index (κ1) is 10.3. The van der Waals surface area contributed by atoms with Crippen molar-refractivity contribution in [3.8, 4) is 0 Å². The van der Waals surface area contributed by atoms with Crippen LogP contribution in [-0.2, 0) is 13.1 Å². The second-order valence-corrected chi connectivity index (χ2v) is 3.18. The maximum Gasteiger partial charge on any atom is 0.243 e. The summed E-state index contributed by atoms with van der Waals surface area (Å²) < 4.78 is 1.65. The highest BCUT2D eigenvalue weighted by atomic mass is 15.6. The van der Waals surface area contributed by atoms with Gasteiger partial charge in [-0.2, -0.15) is 0 Å². The lowest BCUT2D eigenvalue weighted by Crippen LogP contribution is -2.08. The van der Waals surface area contributed by atoms with Crippen molar-refractivity contribution in [2.45, 2.75) is 13.1 Å². The first-order valence-corrected chi connectivity index (χ1v) is 4.90. The average Bonchev–Trinajstić information content (AvgIpc) is 2.76. The molecule has 0 spiro atoms. The number of aromatic nitrogens is 5. The number of hydrogen-bond acceptors (Lipinski definition) is 5. The minimum absolute atomic E-state index is 0.589. The summed E-state index contributed by atoms with van der Waals surface area (Å²) >= 11 is 0. The fourth-order valence-corrected chi connectivity index (χ4v) is 1.26. The summed E-state index contributed by atoms with van der Waals surface area (Å²) in [6.45, 7) is 4.90. The van der Waals surface area contributed by atoms with Crippen LogP contribution in [-0.4, -0.2) is 25.2 Å². The molecule has 6 heteroatoms. The third-order valence-corrected chi connectivity index (χ3v) is 2.03. The lowest BCUT2D eigenvalue weighted by molar-refractivity contribution is 0.663. The monoisotopic (exact) mass is 216 g/mol. The number of allylic oxidation sites excluding steroid dienone is 1. The molecule has 0 radical (unpaired) electrons. The molecule has 2 rings (SSSR count). The van der Waals surface area contributed by atoms with Crippen LogP contribution in [0.1, 0.15) is 5.56 Å². The van der Waals surface area contributed by atoms with Gasteiger partial charge >= 0.3 is 0 Å². The van der Waals surface area contributed by atoms with E-state index < -0.39 is 0 Å². The van der Waals surface area contributed by atoms with Crippen LogP contribution in [0.3, 0.4) is 0 Å². The van der Waals surface area contributed by atoms with Crippen molar-refractivity contribution in [2.24, 2.45) is 0 Å². The van der Waals surface area contributed by atoms with E-state index in [1.807, 2.05) is 12.1 Å². The second-order valence-electron chi connectivity index (χ2n) is 3.18. The third kappa shape index (κ3) is 2.41. The molecule has 0 fully saturated rings. The quantitative estimate of drug-likeness (QED) is 0.751. The maximum absolute atomic E-state index is 3.95. The van der Waals surface area contributed by atoms with Crippen LogP contribution in [0.15, 0.2) is 37.2 Å². The normalized spacial score (nSPS) is 10.0. The van der Waals surface area contributed by atoms with Gasteiger partial charge in [0.15, 0.2) is 0 Å². The van der Waals surface area contributed by atoms with Gasteiger partial charge in [0.05, 0.1) is 6.54 Å². The minimum Gasteiger partial charge on any atom is -0.349 e. The molecule has 6 nitrogen and oxygen atoms in total. The summed E-state index contributed by atoms with van der Waals surface area (Å²) in [7, 11) is 0. The van der Waals surface area contributed by atoms with Crippen molar-refractivity contribution in [1.29, 1.82) is 0 Å². The SMILES string of the molecule is C=CCn1nnnc1NCc1ccncc1. The van der Waals surface area contributed by atoms with Crippen molar-refractivity contribution in [2.75, 3.05) is 5.32 Å². The summed E-state index contributed by atoms with van der Waals surface area (Å²) in [5.41, 5.74) is 1.13. The van der Waals surface area contributed by atoms with Crippen LogP contribution >= 0.6 is 0 Å². The van der Waals surface area contributed by atoms with Crippen LogP contribution in [0.4, 0.5) is 5.95 Å². The Hall–Kier alpha value is -2.24. The van der Waals surface area contributed by atoms with Crippen LogP contribution in [0.5, 0.6) is 0 Å². The van der Waals surface area contributed by atoms with Gasteiger partial charge in [-0.05, 0) is 28.1 Å². The Bertz CT molecular complexity index is 449. The summed E-state index contributed by atoms with van der Waals surface area (Å²) in [5, 5.41) is 14.4. The van der Waals surface area contributed by atoms with Gasteiger partial charge in [0, 0.05) is 18.9 Å². The Morgan fingerprint density at radius 2 is 2.19 bits per heavy atom. The van der Waals surface area contributed by atoms with E-state index in [1.54, 1.807) is 23.2 Å². The number of hydrogen-bond donors (Lipinski definition) is 1. The van der Waals surface area contributed by atoms with Gasteiger partial charge in [-0.15, -0.1) is 6.58 Å². The van der Waals surface area contributed by atoms with Crippen LogP contribution in [0.25, 0.3) is 0 Å². The van der Waals surface area contributed by atoms with Crippen molar-refractivity contribution in [3.05, 3.63) is 42.7 Å². The molecule has 0 atom stereocenters. The van der Waals surface area contributed by atoms with Gasteiger partial charge in [-0.25, -0.2) is 4.68 Å². The standard InChI is InChI=1S/C10H12N6/c1-2-7-16-10(13-14-15-16)12-8-9-3-5-11-6-4-9/h2-6H,1,7-8H2,(H,12,13,15). The second kappa shape index (κ2) is 5.01. The number of rotatable bonds is 5. The van der Waals surface area contributed by atoms with E-state index in [9.17, 15) is 0 Å². The van der Waals surface area contributed by atoms with Gasteiger partial charge in [-0.1, -0.05) is 11.2 Å². The Labute approximate surface area is 93.0 Å². The van der Waals surface area contributed by atoms with Crippen molar-refractivity contribution < 1.29 is 0 Å². The largest absolute Gasteiger partial charge is 0.349 e. The van der Waals surface area contributed by atoms with Gasteiger partial charge in [-0.3, -0.25) is 4.98 Å². The summed E-state index contributed by atoms with van der Waals surface area (Å²) in [6, 6.07) is 3.88. The van der Waals surface area contributed by atoms with Crippen LogP contribution in [0, 0.1) is 0 Å². The Kier molecular flexibility index (Phi) is 3.22. The lowest BCUT2D eigenvalue weighted by Gasteiger charge is -2.04. The van der Waals surface area contributed by atoms with E-state index in [0.29, 0.717) is 19.0 Å². The third-order valence-electron chi connectivity index (χ3n) is 2.03. The molecule has 2 heterocycles. The highest BCUT2D eigenvalue weighted by molar-refractivity contribution is 5.25. The van der Waals surface area contributed by atoms with Crippen LogP contribution < -0.4 is 5.32 Å². The Morgan fingerprint density at radius 3 is 2.94 bits per heavy atom. The zero-order valence-corrected chi connectivity index (χ0v) is 8.74. The predicted octanol–water partition coefficient (Wildman–Crippen LogP) is 0.866. The molecule has 0 aliphatic heterocycles. The molecule has 0 aliphatic carbocycles. The molecule has 0 unspecified atom stereocenters. The zero-order chi connectivity index (χ0) is 11.2. The molecule has 2 aromatic heterocycles. The highest BCUT2D eigenvalue weighted by Gasteiger charge is 2.02. The summed E-state index contributed by atoms with van der Waals surface area (Å²) in [5.74, 6) is 0.636.